The lowest BCUT2D eigenvalue weighted by molar-refractivity contribution is 0.483. The molecule has 1 aliphatic rings. The molecule has 0 bridgehead atoms. The molecule has 392 valence electrons. The molecule has 0 aliphatic carbocycles. The summed E-state index contributed by atoms with van der Waals surface area (Å²) in [7, 11) is 0. The number of pyridine rings is 1. The van der Waals surface area contributed by atoms with Crippen LogP contribution in [0, 0.1) is 0 Å². The minimum Gasteiger partial charge on any atom is -0.457 e. The molecular weight excluding hydrogens is 949 g/mol. The first kappa shape index (κ1) is 51.9. The molecule has 0 spiro atoms. The topological polar surface area (TPSA) is 33.5 Å². The minimum atomic E-state index is -0.256. The Hall–Kier alpha value is -8.15. The summed E-state index contributed by atoms with van der Waals surface area (Å²) < 4.78 is 9.62. The van der Waals surface area contributed by atoms with Gasteiger partial charge in [0.1, 0.15) is 17.3 Å². The largest absolute Gasteiger partial charge is 0.457 e. The Labute approximate surface area is 463 Å². The number of fused-ring (bicyclic) bond motifs is 3. The second-order valence-electron chi connectivity index (χ2n) is 24.6. The van der Waals surface area contributed by atoms with Gasteiger partial charge >= 0.3 is 0 Å². The van der Waals surface area contributed by atoms with Crippen LogP contribution in [-0.2, 0) is 16.2 Å². The van der Waals surface area contributed by atoms with Crippen molar-refractivity contribution in [1.82, 2.24) is 9.55 Å². The van der Waals surface area contributed by atoms with Crippen molar-refractivity contribution in [3.8, 4) is 39.6 Å². The molecule has 0 atom stereocenters. The summed E-state index contributed by atoms with van der Waals surface area (Å²) in [6, 6.07) is 71.0. The highest BCUT2D eigenvalue weighted by Gasteiger charge is 2.30. The van der Waals surface area contributed by atoms with Gasteiger partial charge in [0.05, 0.1) is 23.4 Å². The second kappa shape index (κ2) is 20.3. The molecule has 0 unspecified atom stereocenters. The zero-order valence-corrected chi connectivity index (χ0v) is 47.7. The number of benzene rings is 8. The monoisotopic (exact) mass is 1020 g/mol. The highest BCUT2D eigenvalue weighted by Crippen LogP contribution is 2.45. The zero-order valence-electron chi connectivity index (χ0n) is 47.7. The Kier molecular flexibility index (Phi) is 13.5. The highest BCUT2D eigenvalue weighted by molar-refractivity contribution is 6.10. The van der Waals surface area contributed by atoms with Crippen LogP contribution in [0.2, 0.25) is 0 Å². The third-order valence-corrected chi connectivity index (χ3v) is 16.1. The average Bonchev–Trinajstić information content (AvgIpc) is 4.13. The van der Waals surface area contributed by atoms with Gasteiger partial charge in [-0.15, -0.1) is 0 Å². The van der Waals surface area contributed by atoms with E-state index in [-0.39, 0.29) is 16.2 Å². The van der Waals surface area contributed by atoms with E-state index in [1.54, 1.807) is 0 Å². The van der Waals surface area contributed by atoms with Gasteiger partial charge in [-0.05, 0) is 145 Å². The first-order valence-corrected chi connectivity index (χ1v) is 27.9. The first-order chi connectivity index (χ1) is 37.3. The number of hydrogen-bond donors (Lipinski definition) is 0. The van der Waals surface area contributed by atoms with Gasteiger partial charge in [-0.3, -0.25) is 4.57 Å². The number of nitrogens with zero attached hydrogens (tertiary/aromatic N) is 4. The molecule has 5 heteroatoms. The van der Waals surface area contributed by atoms with Crippen LogP contribution >= 0.6 is 0 Å². The normalized spacial score (nSPS) is 13.3. The molecular formula is C73H74N4O. The summed E-state index contributed by atoms with van der Waals surface area (Å²) in [6.07, 6.45) is 4.30. The fourth-order valence-corrected chi connectivity index (χ4v) is 11.4. The Bertz CT molecular complexity index is 3790. The molecule has 5 nitrogen and oxygen atoms in total. The number of ether oxygens (including phenoxy) is 1. The van der Waals surface area contributed by atoms with Crippen molar-refractivity contribution in [3.63, 3.8) is 0 Å². The van der Waals surface area contributed by atoms with Crippen molar-refractivity contribution >= 4 is 38.9 Å². The lowest BCUT2D eigenvalue weighted by Gasteiger charge is -2.30. The van der Waals surface area contributed by atoms with Gasteiger partial charge in [0.15, 0.2) is 0 Å². The predicted molar refractivity (Wildman–Crippen MR) is 331 cm³/mol. The molecule has 1 aliphatic heterocycles. The van der Waals surface area contributed by atoms with Crippen LogP contribution in [0.15, 0.2) is 207 Å². The molecule has 2 aromatic heterocycles. The molecule has 0 saturated carbocycles. The summed E-state index contributed by atoms with van der Waals surface area (Å²) in [6.45, 7) is 28.3. The Morgan fingerprint density at radius 3 is 1.71 bits per heavy atom. The quantitative estimate of drug-likeness (QED) is 0.122. The van der Waals surface area contributed by atoms with Gasteiger partial charge in [0, 0.05) is 52.1 Å². The van der Waals surface area contributed by atoms with Crippen LogP contribution < -0.4 is 14.5 Å². The predicted octanol–water partition coefficient (Wildman–Crippen LogP) is 19.8. The molecule has 0 fully saturated rings. The molecule has 0 saturated heterocycles. The molecule has 3 heterocycles. The average molecular weight is 1020 g/mol. The second-order valence-corrected chi connectivity index (χ2v) is 24.6. The van der Waals surface area contributed by atoms with Crippen molar-refractivity contribution < 1.29 is 4.74 Å². The van der Waals surface area contributed by atoms with E-state index >= 15 is 0 Å². The number of hydrogen-bond acceptors (Lipinski definition) is 4. The van der Waals surface area contributed by atoms with Crippen molar-refractivity contribution in [2.75, 3.05) is 16.5 Å². The van der Waals surface area contributed by atoms with Gasteiger partial charge in [-0.1, -0.05) is 204 Å². The lowest BCUT2D eigenvalue weighted by atomic mass is 9.78. The standard InChI is InChI=1S/C73H74N4O/c1-48(2)62-29-22-30-63(49(3)4)70(62)53-37-58(75-46-68(51-25-18-14-19-26-51)76(47-75)59-41-56(71(5,6)7)40-57(42-59)72(8,9)10)44-61(38-53)78-60-32-33-64-65-39-52(50-23-16-13-17-24-50)31-34-66(65)77(67(64)45-60)69-43-55(35-36-74-69)73(11,12)54-27-20-15-21-28-54/h13-46,48-49H,47H2,1-12H3. The molecule has 8 aromatic carbocycles. The molecule has 78 heavy (non-hydrogen) atoms. The van der Waals surface area contributed by atoms with Crippen LogP contribution in [0.5, 0.6) is 11.5 Å². The maximum Gasteiger partial charge on any atom is 0.137 e. The Morgan fingerprint density at radius 1 is 0.449 bits per heavy atom. The summed E-state index contributed by atoms with van der Waals surface area (Å²) in [5, 5.41) is 2.29. The van der Waals surface area contributed by atoms with Crippen LogP contribution in [0.4, 0.5) is 11.4 Å². The van der Waals surface area contributed by atoms with Crippen molar-refractivity contribution in [1.29, 1.82) is 0 Å². The summed E-state index contributed by atoms with van der Waals surface area (Å²) >= 11 is 0. The highest BCUT2D eigenvalue weighted by atomic mass is 16.5. The van der Waals surface area contributed by atoms with Crippen LogP contribution in [0.3, 0.4) is 0 Å². The van der Waals surface area contributed by atoms with E-state index in [0.717, 1.165) is 56.1 Å². The molecule has 11 rings (SSSR count). The number of rotatable bonds is 12. The summed E-state index contributed by atoms with van der Waals surface area (Å²) in [5.41, 5.74) is 18.9. The maximum absolute atomic E-state index is 7.30. The van der Waals surface area contributed by atoms with E-state index in [0.29, 0.717) is 18.5 Å². The molecule has 0 radical (unpaired) electrons. The Morgan fingerprint density at radius 2 is 1.08 bits per heavy atom. The van der Waals surface area contributed by atoms with Crippen LogP contribution in [-0.4, -0.2) is 16.2 Å². The van der Waals surface area contributed by atoms with Crippen LogP contribution in [0.1, 0.15) is 134 Å². The smallest absolute Gasteiger partial charge is 0.137 e. The van der Waals surface area contributed by atoms with Gasteiger partial charge in [0.25, 0.3) is 0 Å². The van der Waals surface area contributed by atoms with E-state index in [2.05, 4.69) is 298 Å². The van der Waals surface area contributed by atoms with Crippen molar-refractivity contribution in [2.24, 2.45) is 0 Å². The lowest BCUT2D eigenvalue weighted by Crippen LogP contribution is -2.27. The molecule has 10 aromatic rings. The summed E-state index contributed by atoms with van der Waals surface area (Å²) in [4.78, 5) is 10.0. The zero-order chi connectivity index (χ0) is 54.7. The van der Waals surface area contributed by atoms with Gasteiger partial charge in [-0.25, -0.2) is 4.98 Å². The third-order valence-electron chi connectivity index (χ3n) is 16.1. The minimum absolute atomic E-state index is 0.0349. The van der Waals surface area contributed by atoms with Crippen molar-refractivity contribution in [2.45, 2.75) is 111 Å². The Balaban J connectivity index is 1.08. The van der Waals surface area contributed by atoms with E-state index in [4.69, 9.17) is 9.72 Å². The molecule has 0 N–H and O–H groups in total. The van der Waals surface area contributed by atoms with E-state index in [1.165, 1.54) is 61.3 Å². The van der Waals surface area contributed by atoms with E-state index in [9.17, 15) is 0 Å². The van der Waals surface area contributed by atoms with E-state index < -0.39 is 0 Å². The number of anilines is 2. The maximum atomic E-state index is 7.30. The number of aromatic nitrogens is 2. The fourth-order valence-electron chi connectivity index (χ4n) is 11.4. The van der Waals surface area contributed by atoms with Gasteiger partial charge in [-0.2, -0.15) is 0 Å². The first-order valence-electron chi connectivity index (χ1n) is 27.9. The van der Waals surface area contributed by atoms with Gasteiger partial charge < -0.3 is 14.5 Å². The van der Waals surface area contributed by atoms with Gasteiger partial charge in [0.2, 0.25) is 0 Å². The summed E-state index contributed by atoms with van der Waals surface area (Å²) in [5.74, 6) is 2.99. The SMILES string of the molecule is CC(C)c1cccc(C(C)C)c1-c1cc(Oc2ccc3c4cc(-c5ccccc5)ccc4n(-c4cc(C(C)(C)c5ccccc5)ccn4)c3c2)cc(N2C=C(c3ccccc3)N(c3cc(C(C)(C)C)cc(C(C)(C)C)c3)C2)c1. The van der Waals surface area contributed by atoms with E-state index in [1.807, 2.05) is 6.20 Å². The molecule has 0 amide bonds. The fraction of sp³-hybridized carbons (Fsp3) is 0.247. The van der Waals surface area contributed by atoms with Crippen LogP contribution in [0.25, 0.3) is 55.6 Å². The third kappa shape index (κ3) is 10.0. The van der Waals surface area contributed by atoms with Crippen molar-refractivity contribution in [3.05, 3.63) is 245 Å².